The Hall–Kier alpha value is -1.95. The van der Waals surface area contributed by atoms with Gasteiger partial charge in [0.05, 0.1) is 13.7 Å². The van der Waals surface area contributed by atoms with Crippen LogP contribution in [0.25, 0.3) is 10.8 Å². The number of piperidine rings is 3. The van der Waals surface area contributed by atoms with Gasteiger partial charge in [0.2, 0.25) is 0 Å². The summed E-state index contributed by atoms with van der Waals surface area (Å²) in [6.07, 6.45) is 2.05. The monoisotopic (exact) mass is 326 g/mol. The Bertz CT molecular complexity index is 768. The third kappa shape index (κ3) is 2.59. The maximum atomic E-state index is 12.9. The Morgan fingerprint density at radius 3 is 2.46 bits per heavy atom. The van der Waals surface area contributed by atoms with Crippen molar-refractivity contribution in [3.05, 3.63) is 47.2 Å². The second kappa shape index (κ2) is 6.16. The van der Waals surface area contributed by atoms with Crippen molar-refractivity contribution in [3.8, 4) is 5.75 Å². The highest BCUT2D eigenvalue weighted by Gasteiger charge is 2.40. The molecular formula is C19H22N2O3. The molecule has 3 aliphatic heterocycles. The second-order valence-electron chi connectivity index (χ2n) is 6.84. The molecule has 5 heteroatoms. The van der Waals surface area contributed by atoms with Gasteiger partial charge in [0.1, 0.15) is 17.4 Å². The molecule has 126 valence electrons. The van der Waals surface area contributed by atoms with E-state index in [0.29, 0.717) is 17.2 Å². The van der Waals surface area contributed by atoms with Crippen LogP contribution in [0.15, 0.2) is 36.4 Å². The fourth-order valence-corrected chi connectivity index (χ4v) is 4.13. The molecule has 1 amide bonds. The van der Waals surface area contributed by atoms with Crippen LogP contribution in [0, 0.1) is 11.1 Å². The predicted molar refractivity (Wildman–Crippen MR) is 92.1 cm³/mol. The van der Waals surface area contributed by atoms with Gasteiger partial charge in [-0.25, -0.2) is 4.79 Å². The second-order valence-corrected chi connectivity index (χ2v) is 6.84. The quantitative estimate of drug-likeness (QED) is 0.868. The molecule has 2 aromatic carbocycles. The maximum absolute atomic E-state index is 12.9. The Labute approximate surface area is 141 Å². The van der Waals surface area contributed by atoms with E-state index in [9.17, 15) is 10.0 Å². The van der Waals surface area contributed by atoms with Gasteiger partial charge in [0, 0.05) is 5.92 Å². The molecule has 1 N–H and O–H groups in total. The van der Waals surface area contributed by atoms with Gasteiger partial charge in [-0.3, -0.25) is 4.90 Å². The first-order chi connectivity index (χ1) is 11.7. The first-order valence-electron chi connectivity index (χ1n) is 8.55. The number of nitrogens with one attached hydrogen (secondary N) is 1. The highest BCUT2D eigenvalue weighted by atomic mass is 16.5. The summed E-state index contributed by atoms with van der Waals surface area (Å²) in [7, 11) is 1.54. The predicted octanol–water partition coefficient (Wildman–Crippen LogP) is 1.47. The molecule has 2 aromatic rings. The van der Waals surface area contributed by atoms with E-state index < -0.39 is 5.91 Å². The molecule has 3 aliphatic rings. The van der Waals surface area contributed by atoms with E-state index in [0.717, 1.165) is 43.2 Å². The van der Waals surface area contributed by atoms with Crippen LogP contribution in [0.3, 0.4) is 0 Å². The van der Waals surface area contributed by atoms with Crippen LogP contribution < -0.4 is 9.80 Å². The topological polar surface area (TPSA) is 57.0 Å². The van der Waals surface area contributed by atoms with Gasteiger partial charge in [0.25, 0.3) is 0 Å². The number of hydroxylamine groups is 2. The minimum atomic E-state index is -0.406. The highest BCUT2D eigenvalue weighted by molar-refractivity contribution is 5.97. The lowest BCUT2D eigenvalue weighted by atomic mass is 9.83. The minimum absolute atomic E-state index is 0.156. The summed E-state index contributed by atoms with van der Waals surface area (Å²) < 4.78 is 5.39. The smallest absolute Gasteiger partial charge is 0.348 e. The number of carbonyl (C=O) groups excluding carboxylic acids is 1. The van der Waals surface area contributed by atoms with Crippen LogP contribution in [0.2, 0.25) is 0 Å². The number of amides is 1. The molecule has 24 heavy (non-hydrogen) atoms. The standard InChI is InChI=1S/C19H22N2O3/c1-24-18-11-15-5-3-2-4-14(15)10-16(18)19(22)21(23)17-12-20-8-6-13(17)7-9-20/h2-5,10-11,13,17,21H,6-9,12H2,1H3. The van der Waals surface area contributed by atoms with Crippen molar-refractivity contribution in [2.45, 2.75) is 18.9 Å². The highest BCUT2D eigenvalue weighted by Crippen LogP contribution is 2.28. The number of quaternary nitrogens is 1. The zero-order valence-corrected chi connectivity index (χ0v) is 13.8. The Morgan fingerprint density at radius 2 is 1.88 bits per heavy atom. The molecule has 0 spiro atoms. The summed E-state index contributed by atoms with van der Waals surface area (Å²) >= 11 is 0. The third-order valence-corrected chi connectivity index (χ3v) is 5.53. The summed E-state index contributed by atoms with van der Waals surface area (Å²) in [6.45, 7) is 2.84. The molecule has 2 atom stereocenters. The van der Waals surface area contributed by atoms with Crippen LogP contribution in [0.1, 0.15) is 23.2 Å². The molecule has 3 saturated heterocycles. The molecule has 3 fully saturated rings. The number of carbonyl (C=O) groups is 1. The molecule has 0 radical (unpaired) electrons. The van der Waals surface area contributed by atoms with E-state index in [4.69, 9.17) is 4.74 Å². The molecular weight excluding hydrogens is 304 g/mol. The lowest BCUT2D eigenvalue weighted by Crippen LogP contribution is -3.16. The number of benzene rings is 2. The number of ether oxygens (including phenoxy) is 1. The Morgan fingerprint density at radius 1 is 1.21 bits per heavy atom. The van der Waals surface area contributed by atoms with Crippen LogP contribution in [-0.4, -0.2) is 43.6 Å². The van der Waals surface area contributed by atoms with E-state index in [1.165, 1.54) is 0 Å². The molecule has 5 nitrogen and oxygen atoms in total. The normalized spacial score (nSPS) is 27.2. The molecule has 0 saturated carbocycles. The van der Waals surface area contributed by atoms with E-state index >= 15 is 0 Å². The van der Waals surface area contributed by atoms with Crippen molar-refractivity contribution in [1.82, 2.24) is 4.90 Å². The van der Waals surface area contributed by atoms with Crippen LogP contribution >= 0.6 is 0 Å². The number of rotatable bonds is 3. The lowest BCUT2D eigenvalue weighted by Gasteiger charge is -2.47. The summed E-state index contributed by atoms with van der Waals surface area (Å²) in [5.41, 5.74) is 0.387. The fraction of sp³-hybridized carbons (Fsp3) is 0.421. The van der Waals surface area contributed by atoms with Crippen LogP contribution in [-0.2, 0) is 0 Å². The number of nitrogens with zero attached hydrogens (tertiary/aromatic N) is 1. The SMILES string of the molecule is COc1cc2ccccc2cc1C(=O)[NH+]([O-])C1CN2CCC1CC2. The zero-order chi connectivity index (χ0) is 16.7. The van der Waals surface area contributed by atoms with Gasteiger partial charge in [0.15, 0.2) is 0 Å². The van der Waals surface area contributed by atoms with Gasteiger partial charge in [-0.15, -0.1) is 0 Å². The number of hydrogen-bond donors (Lipinski definition) is 1. The molecule has 3 heterocycles. The number of fused-ring (bicyclic) bond motifs is 4. The number of methoxy groups -OCH3 is 1. The van der Waals surface area contributed by atoms with Crippen LogP contribution in [0.5, 0.6) is 5.75 Å². The number of hydrogen-bond acceptors (Lipinski definition) is 4. The third-order valence-electron chi connectivity index (χ3n) is 5.53. The minimum Gasteiger partial charge on any atom is -0.626 e. The van der Waals surface area contributed by atoms with E-state index in [-0.39, 0.29) is 11.1 Å². The van der Waals surface area contributed by atoms with Gasteiger partial charge in [-0.1, -0.05) is 24.3 Å². The largest absolute Gasteiger partial charge is 0.626 e. The van der Waals surface area contributed by atoms with Crippen molar-refractivity contribution in [1.29, 1.82) is 0 Å². The van der Waals surface area contributed by atoms with Crippen molar-refractivity contribution >= 4 is 16.7 Å². The van der Waals surface area contributed by atoms with Gasteiger partial charge < -0.3 is 15.0 Å². The Kier molecular flexibility index (Phi) is 4.00. The summed E-state index contributed by atoms with van der Waals surface area (Å²) in [6, 6.07) is 11.3. The molecule has 5 rings (SSSR count). The summed E-state index contributed by atoms with van der Waals surface area (Å²) in [5, 5.41) is 14.6. The lowest BCUT2D eigenvalue weighted by molar-refractivity contribution is -0.796. The van der Waals surface area contributed by atoms with Crippen molar-refractivity contribution in [2.24, 2.45) is 5.92 Å². The van der Waals surface area contributed by atoms with Crippen molar-refractivity contribution < 1.29 is 14.6 Å². The first kappa shape index (κ1) is 15.6. The van der Waals surface area contributed by atoms with Gasteiger partial charge in [-0.05, 0) is 48.8 Å². The maximum Gasteiger partial charge on any atom is 0.348 e. The fourth-order valence-electron chi connectivity index (χ4n) is 4.13. The first-order valence-corrected chi connectivity index (χ1v) is 8.55. The van der Waals surface area contributed by atoms with E-state index in [1.54, 1.807) is 13.2 Å². The van der Waals surface area contributed by atoms with Crippen molar-refractivity contribution in [2.75, 3.05) is 26.7 Å². The molecule has 0 aromatic heterocycles. The van der Waals surface area contributed by atoms with Gasteiger partial charge >= 0.3 is 5.91 Å². The van der Waals surface area contributed by atoms with Gasteiger partial charge in [-0.2, -0.15) is 0 Å². The molecule has 2 bridgehead atoms. The van der Waals surface area contributed by atoms with Crippen molar-refractivity contribution in [3.63, 3.8) is 0 Å². The molecule has 2 unspecified atom stereocenters. The molecule has 0 aliphatic carbocycles. The zero-order valence-electron chi connectivity index (χ0n) is 13.8. The average Bonchev–Trinajstić information content (AvgIpc) is 2.66. The van der Waals surface area contributed by atoms with E-state index in [2.05, 4.69) is 4.90 Å². The average molecular weight is 326 g/mol. The summed E-state index contributed by atoms with van der Waals surface area (Å²) in [4.78, 5) is 15.2. The Balaban J connectivity index is 1.67. The van der Waals surface area contributed by atoms with Crippen LogP contribution in [0.4, 0.5) is 0 Å². The van der Waals surface area contributed by atoms with E-state index in [1.807, 2.05) is 30.3 Å². The summed E-state index contributed by atoms with van der Waals surface area (Å²) in [5.74, 6) is 0.433.